The highest BCUT2D eigenvalue weighted by molar-refractivity contribution is 6.34. The Hall–Kier alpha value is -1.22. The van der Waals surface area contributed by atoms with E-state index in [0.717, 1.165) is 18.2 Å². The average Bonchev–Trinajstić information content (AvgIpc) is 2.49. The predicted molar refractivity (Wildman–Crippen MR) is 89.2 cm³/mol. The van der Waals surface area contributed by atoms with Crippen LogP contribution in [0.15, 0.2) is 18.2 Å². The van der Waals surface area contributed by atoms with Crippen LogP contribution in [-0.4, -0.2) is 31.4 Å². The Morgan fingerprint density at radius 3 is 2.67 bits per heavy atom. The van der Waals surface area contributed by atoms with Crippen LogP contribution in [0.3, 0.4) is 0 Å². The summed E-state index contributed by atoms with van der Waals surface area (Å²) in [6.07, 6.45) is 8.11. The topological polar surface area (TPSA) is 32.3 Å². The second-order valence-corrected chi connectivity index (χ2v) is 6.52. The van der Waals surface area contributed by atoms with E-state index in [0.29, 0.717) is 10.6 Å². The molecule has 0 radical (unpaired) electrons. The van der Waals surface area contributed by atoms with Crippen molar-refractivity contribution in [2.45, 2.75) is 38.5 Å². The molecule has 0 aromatic heterocycles. The van der Waals surface area contributed by atoms with Crippen molar-refractivity contribution in [3.63, 3.8) is 0 Å². The Labute approximate surface area is 132 Å². The fourth-order valence-electron chi connectivity index (χ4n) is 2.94. The van der Waals surface area contributed by atoms with Crippen LogP contribution in [0, 0.1) is 5.92 Å². The summed E-state index contributed by atoms with van der Waals surface area (Å²) in [5, 5.41) is 3.93. The number of carbonyl (C=O) groups is 1. The number of benzene rings is 1. The van der Waals surface area contributed by atoms with Crippen LogP contribution in [0.2, 0.25) is 5.02 Å². The molecule has 0 spiro atoms. The highest BCUT2D eigenvalue weighted by atomic mass is 35.5. The molecule has 1 aromatic rings. The molecule has 2 rings (SSSR count). The lowest BCUT2D eigenvalue weighted by Crippen LogP contribution is -2.22. The van der Waals surface area contributed by atoms with Crippen molar-refractivity contribution in [3.8, 4) is 0 Å². The van der Waals surface area contributed by atoms with E-state index < -0.39 is 0 Å². The highest BCUT2D eigenvalue weighted by Crippen LogP contribution is 2.26. The lowest BCUT2D eigenvalue weighted by molar-refractivity contribution is 0.0828. The van der Waals surface area contributed by atoms with E-state index in [-0.39, 0.29) is 5.91 Å². The summed E-state index contributed by atoms with van der Waals surface area (Å²) in [6.45, 7) is 0.960. The molecular formula is C17H25ClN2O. The summed E-state index contributed by atoms with van der Waals surface area (Å²) in [7, 11) is 3.48. The number of carbonyl (C=O) groups excluding carboxylic acids is 1. The molecule has 1 saturated carbocycles. The zero-order valence-electron chi connectivity index (χ0n) is 13.0. The Morgan fingerprint density at radius 2 is 2.00 bits per heavy atom. The Bertz CT molecular complexity index is 482. The van der Waals surface area contributed by atoms with Gasteiger partial charge in [0.1, 0.15) is 0 Å². The average molecular weight is 309 g/mol. The number of nitrogens with zero attached hydrogens (tertiary/aromatic N) is 1. The zero-order chi connectivity index (χ0) is 15.2. The Balaban J connectivity index is 1.91. The maximum Gasteiger partial charge on any atom is 0.254 e. The molecule has 0 bridgehead atoms. The summed E-state index contributed by atoms with van der Waals surface area (Å²) < 4.78 is 0. The van der Waals surface area contributed by atoms with Crippen molar-refractivity contribution in [1.29, 1.82) is 0 Å². The quantitative estimate of drug-likeness (QED) is 0.873. The van der Waals surface area contributed by atoms with Crippen LogP contribution < -0.4 is 5.32 Å². The molecule has 1 fully saturated rings. The molecule has 0 unspecified atom stereocenters. The van der Waals surface area contributed by atoms with Gasteiger partial charge in [0.15, 0.2) is 0 Å². The largest absolute Gasteiger partial charge is 0.385 e. The van der Waals surface area contributed by atoms with Gasteiger partial charge in [-0.3, -0.25) is 4.79 Å². The third-order valence-corrected chi connectivity index (χ3v) is 4.54. The summed E-state index contributed by atoms with van der Waals surface area (Å²) in [5.41, 5.74) is 1.53. The van der Waals surface area contributed by atoms with Gasteiger partial charge < -0.3 is 10.2 Å². The van der Waals surface area contributed by atoms with E-state index in [9.17, 15) is 4.79 Å². The first-order chi connectivity index (χ1) is 10.1. The minimum Gasteiger partial charge on any atom is -0.385 e. The smallest absolute Gasteiger partial charge is 0.254 e. The number of anilines is 1. The van der Waals surface area contributed by atoms with Gasteiger partial charge in [0.05, 0.1) is 10.6 Å². The van der Waals surface area contributed by atoms with Gasteiger partial charge in [-0.05, 0) is 30.5 Å². The van der Waals surface area contributed by atoms with Crippen molar-refractivity contribution >= 4 is 23.2 Å². The van der Waals surface area contributed by atoms with Gasteiger partial charge in [0, 0.05) is 26.3 Å². The molecule has 3 nitrogen and oxygen atoms in total. The number of hydrogen-bond donors (Lipinski definition) is 1. The second-order valence-electron chi connectivity index (χ2n) is 6.11. The van der Waals surface area contributed by atoms with E-state index in [1.807, 2.05) is 12.1 Å². The van der Waals surface area contributed by atoms with E-state index in [1.54, 1.807) is 25.1 Å². The van der Waals surface area contributed by atoms with Gasteiger partial charge in [0.2, 0.25) is 0 Å². The van der Waals surface area contributed by atoms with E-state index in [4.69, 9.17) is 11.6 Å². The molecular weight excluding hydrogens is 284 g/mol. The molecule has 4 heteroatoms. The van der Waals surface area contributed by atoms with Gasteiger partial charge in [0.25, 0.3) is 5.91 Å². The summed E-state index contributed by atoms with van der Waals surface area (Å²) in [6, 6.07) is 5.59. The molecule has 21 heavy (non-hydrogen) atoms. The third-order valence-electron chi connectivity index (χ3n) is 4.21. The molecule has 1 aromatic carbocycles. The Morgan fingerprint density at radius 1 is 1.29 bits per heavy atom. The molecule has 0 aliphatic heterocycles. The first kappa shape index (κ1) is 16.2. The van der Waals surface area contributed by atoms with Crippen LogP contribution in [0.4, 0.5) is 5.69 Å². The SMILES string of the molecule is CN(C)C(=O)c1cc(NCCC2CCCCC2)ccc1Cl. The first-order valence-electron chi connectivity index (χ1n) is 7.83. The van der Waals surface area contributed by atoms with Gasteiger partial charge >= 0.3 is 0 Å². The van der Waals surface area contributed by atoms with Gasteiger partial charge in [-0.15, -0.1) is 0 Å². The molecule has 1 aliphatic rings. The summed E-state index contributed by atoms with van der Waals surface area (Å²) in [4.78, 5) is 13.6. The number of amides is 1. The van der Waals surface area contributed by atoms with E-state index in [1.165, 1.54) is 38.5 Å². The molecule has 0 atom stereocenters. The number of halogens is 1. The van der Waals surface area contributed by atoms with Crippen LogP contribution in [0.1, 0.15) is 48.9 Å². The molecule has 1 aliphatic carbocycles. The number of nitrogens with one attached hydrogen (secondary N) is 1. The summed E-state index contributed by atoms with van der Waals surface area (Å²) in [5.74, 6) is 0.803. The molecule has 0 heterocycles. The van der Waals surface area contributed by atoms with Crippen molar-refractivity contribution < 1.29 is 4.79 Å². The minimum absolute atomic E-state index is 0.0593. The van der Waals surface area contributed by atoms with Crippen LogP contribution in [0.5, 0.6) is 0 Å². The van der Waals surface area contributed by atoms with Crippen molar-refractivity contribution in [2.24, 2.45) is 5.92 Å². The van der Waals surface area contributed by atoms with E-state index >= 15 is 0 Å². The van der Waals surface area contributed by atoms with Gasteiger partial charge in [-0.1, -0.05) is 43.7 Å². The van der Waals surface area contributed by atoms with E-state index in [2.05, 4.69) is 5.32 Å². The normalized spacial score (nSPS) is 15.8. The second kappa shape index (κ2) is 7.69. The van der Waals surface area contributed by atoms with Crippen molar-refractivity contribution in [1.82, 2.24) is 4.90 Å². The number of hydrogen-bond acceptors (Lipinski definition) is 2. The molecule has 0 saturated heterocycles. The van der Waals surface area contributed by atoms with Crippen LogP contribution in [-0.2, 0) is 0 Å². The van der Waals surface area contributed by atoms with Crippen molar-refractivity contribution in [2.75, 3.05) is 26.0 Å². The van der Waals surface area contributed by atoms with Crippen LogP contribution in [0.25, 0.3) is 0 Å². The lowest BCUT2D eigenvalue weighted by atomic mass is 9.87. The number of rotatable bonds is 5. The van der Waals surface area contributed by atoms with Gasteiger partial charge in [-0.2, -0.15) is 0 Å². The minimum atomic E-state index is -0.0593. The third kappa shape index (κ3) is 4.63. The van der Waals surface area contributed by atoms with Crippen molar-refractivity contribution in [3.05, 3.63) is 28.8 Å². The monoisotopic (exact) mass is 308 g/mol. The standard InChI is InChI=1S/C17H25ClN2O/c1-20(2)17(21)15-12-14(8-9-16(15)18)19-11-10-13-6-4-3-5-7-13/h8-9,12-13,19H,3-7,10-11H2,1-2H3. The van der Waals surface area contributed by atoms with Gasteiger partial charge in [-0.25, -0.2) is 0 Å². The molecule has 1 amide bonds. The Kier molecular flexibility index (Phi) is 5.92. The fraction of sp³-hybridized carbons (Fsp3) is 0.588. The molecule has 116 valence electrons. The molecule has 1 N–H and O–H groups in total. The highest BCUT2D eigenvalue weighted by Gasteiger charge is 2.14. The zero-order valence-corrected chi connectivity index (χ0v) is 13.7. The fourth-order valence-corrected chi connectivity index (χ4v) is 3.13. The van der Waals surface area contributed by atoms with Crippen LogP contribution >= 0.6 is 11.6 Å². The summed E-state index contributed by atoms with van der Waals surface area (Å²) >= 11 is 6.12. The first-order valence-corrected chi connectivity index (χ1v) is 8.21. The lowest BCUT2D eigenvalue weighted by Gasteiger charge is -2.21. The predicted octanol–water partition coefficient (Wildman–Crippen LogP) is 4.42. The maximum absolute atomic E-state index is 12.1. The maximum atomic E-state index is 12.1.